The Morgan fingerprint density at radius 2 is 2.00 bits per heavy atom. The summed E-state index contributed by atoms with van der Waals surface area (Å²) in [6.07, 6.45) is -0.195. The minimum Gasteiger partial charge on any atom is -0.360 e. The van der Waals surface area contributed by atoms with Crippen LogP contribution in [0.4, 0.5) is 10.2 Å². The molecule has 0 unspecified atom stereocenters. The molecule has 0 aliphatic carbocycles. The van der Waals surface area contributed by atoms with Crippen LogP contribution in [0.5, 0.6) is 0 Å². The van der Waals surface area contributed by atoms with Crippen LogP contribution in [0, 0.1) is 12.7 Å². The van der Waals surface area contributed by atoms with Crippen molar-refractivity contribution in [3.63, 3.8) is 0 Å². The van der Waals surface area contributed by atoms with Crippen LogP contribution in [0.25, 0.3) is 0 Å². The summed E-state index contributed by atoms with van der Waals surface area (Å²) in [4.78, 5) is 11.8. The lowest BCUT2D eigenvalue weighted by atomic mass is 10.2. The molecule has 0 saturated heterocycles. The van der Waals surface area contributed by atoms with E-state index in [1.54, 1.807) is 6.92 Å². The highest BCUT2D eigenvalue weighted by Crippen LogP contribution is 2.23. The molecule has 0 bridgehead atoms. The molecular formula is C15H17FN2O4S. The number of hydrogen-bond acceptors (Lipinski definition) is 5. The highest BCUT2D eigenvalue weighted by molar-refractivity contribution is 7.91. The molecule has 0 radical (unpaired) electrons. The van der Waals surface area contributed by atoms with Crippen molar-refractivity contribution in [2.45, 2.75) is 25.5 Å². The van der Waals surface area contributed by atoms with E-state index >= 15 is 0 Å². The van der Waals surface area contributed by atoms with Crippen LogP contribution in [0.15, 0.2) is 34.9 Å². The SMILES string of the molecule is Cc1cc(NC(=O)CCS(=O)(=O)[C@@H](C)c2ccc(F)cc2)no1. The van der Waals surface area contributed by atoms with Crippen molar-refractivity contribution in [3.05, 3.63) is 47.5 Å². The fourth-order valence-corrected chi connectivity index (χ4v) is 3.38. The van der Waals surface area contributed by atoms with Crippen LogP contribution in [0.3, 0.4) is 0 Å². The first kappa shape index (κ1) is 17.1. The molecule has 0 saturated carbocycles. The summed E-state index contributed by atoms with van der Waals surface area (Å²) in [6.45, 7) is 3.19. The summed E-state index contributed by atoms with van der Waals surface area (Å²) in [5.41, 5.74) is 0.485. The predicted octanol–water partition coefficient (Wildman–Crippen LogP) is 2.63. The van der Waals surface area contributed by atoms with Gasteiger partial charge in [-0.25, -0.2) is 12.8 Å². The van der Waals surface area contributed by atoms with Crippen molar-refractivity contribution in [2.75, 3.05) is 11.1 Å². The quantitative estimate of drug-likeness (QED) is 0.873. The van der Waals surface area contributed by atoms with Gasteiger partial charge in [0.1, 0.15) is 11.6 Å². The van der Waals surface area contributed by atoms with Gasteiger partial charge in [-0.15, -0.1) is 0 Å². The van der Waals surface area contributed by atoms with Gasteiger partial charge in [-0.05, 0) is 31.5 Å². The third-order valence-electron chi connectivity index (χ3n) is 3.39. The van der Waals surface area contributed by atoms with E-state index in [-0.39, 0.29) is 18.0 Å². The fraction of sp³-hybridized carbons (Fsp3) is 0.333. The van der Waals surface area contributed by atoms with Gasteiger partial charge in [-0.1, -0.05) is 17.3 Å². The minimum atomic E-state index is -3.54. The molecule has 1 atom stereocenters. The summed E-state index contributed by atoms with van der Waals surface area (Å²) in [7, 11) is -3.54. The van der Waals surface area contributed by atoms with Gasteiger partial charge in [0.05, 0.1) is 11.0 Å². The van der Waals surface area contributed by atoms with E-state index in [0.29, 0.717) is 11.3 Å². The van der Waals surface area contributed by atoms with Crippen LogP contribution >= 0.6 is 0 Å². The lowest BCUT2D eigenvalue weighted by Crippen LogP contribution is -2.20. The molecule has 0 spiro atoms. The Morgan fingerprint density at radius 3 is 2.57 bits per heavy atom. The highest BCUT2D eigenvalue weighted by atomic mass is 32.2. The second-order valence-corrected chi connectivity index (χ2v) is 7.62. The molecule has 1 aromatic carbocycles. The summed E-state index contributed by atoms with van der Waals surface area (Å²) in [6, 6.07) is 6.81. The number of amides is 1. The number of nitrogens with zero attached hydrogens (tertiary/aromatic N) is 1. The maximum Gasteiger partial charge on any atom is 0.226 e. The van der Waals surface area contributed by atoms with Gasteiger partial charge < -0.3 is 9.84 Å². The molecule has 124 valence electrons. The van der Waals surface area contributed by atoms with Crippen LogP contribution < -0.4 is 5.32 Å². The third kappa shape index (κ3) is 4.62. The van der Waals surface area contributed by atoms with Crippen molar-refractivity contribution in [1.82, 2.24) is 5.16 Å². The number of hydrogen-bond donors (Lipinski definition) is 1. The van der Waals surface area contributed by atoms with Crippen molar-refractivity contribution in [2.24, 2.45) is 0 Å². The maximum absolute atomic E-state index is 12.9. The number of carbonyl (C=O) groups is 1. The Labute approximate surface area is 133 Å². The molecule has 2 rings (SSSR count). The van der Waals surface area contributed by atoms with Crippen molar-refractivity contribution < 1.29 is 22.1 Å². The van der Waals surface area contributed by atoms with Gasteiger partial charge in [-0.3, -0.25) is 4.79 Å². The molecule has 0 aliphatic heterocycles. The van der Waals surface area contributed by atoms with Gasteiger partial charge in [0, 0.05) is 12.5 Å². The first-order valence-electron chi connectivity index (χ1n) is 6.98. The monoisotopic (exact) mass is 340 g/mol. The largest absolute Gasteiger partial charge is 0.360 e. The number of anilines is 1. The lowest BCUT2D eigenvalue weighted by molar-refractivity contribution is -0.115. The maximum atomic E-state index is 12.9. The fourth-order valence-electron chi connectivity index (χ4n) is 1.98. The number of carbonyl (C=O) groups excluding carboxylic acids is 1. The van der Waals surface area contributed by atoms with E-state index in [0.717, 1.165) is 0 Å². The van der Waals surface area contributed by atoms with Gasteiger partial charge in [0.2, 0.25) is 5.91 Å². The zero-order valence-electron chi connectivity index (χ0n) is 12.7. The normalized spacial score (nSPS) is 12.8. The summed E-state index contributed by atoms with van der Waals surface area (Å²) < 4.78 is 42.2. The summed E-state index contributed by atoms with van der Waals surface area (Å²) >= 11 is 0. The molecule has 8 heteroatoms. The number of rotatable bonds is 6. The zero-order valence-corrected chi connectivity index (χ0v) is 13.6. The summed E-state index contributed by atoms with van der Waals surface area (Å²) in [5, 5.41) is 5.25. The van der Waals surface area contributed by atoms with E-state index in [9.17, 15) is 17.6 Å². The van der Waals surface area contributed by atoms with Gasteiger partial charge in [-0.2, -0.15) is 0 Å². The van der Waals surface area contributed by atoms with Gasteiger partial charge in [0.25, 0.3) is 0 Å². The molecule has 1 aromatic heterocycles. The Hall–Kier alpha value is -2.22. The molecule has 6 nitrogen and oxygen atoms in total. The number of aromatic nitrogens is 1. The Bertz CT molecular complexity index is 784. The highest BCUT2D eigenvalue weighted by Gasteiger charge is 2.23. The molecule has 1 N–H and O–H groups in total. The van der Waals surface area contributed by atoms with E-state index < -0.39 is 26.8 Å². The Kier molecular flexibility index (Phi) is 5.15. The molecule has 0 aliphatic rings. The summed E-state index contributed by atoms with van der Waals surface area (Å²) in [5.74, 6) is -0.419. The second-order valence-electron chi connectivity index (χ2n) is 5.18. The first-order chi connectivity index (χ1) is 10.8. The number of nitrogens with one attached hydrogen (secondary N) is 1. The van der Waals surface area contributed by atoms with E-state index in [2.05, 4.69) is 10.5 Å². The predicted molar refractivity (Wildman–Crippen MR) is 83.1 cm³/mol. The number of aryl methyl sites for hydroxylation is 1. The number of benzene rings is 1. The van der Waals surface area contributed by atoms with Crippen LogP contribution in [0.2, 0.25) is 0 Å². The molecule has 23 heavy (non-hydrogen) atoms. The smallest absolute Gasteiger partial charge is 0.226 e. The minimum absolute atomic E-state index is 0.195. The first-order valence-corrected chi connectivity index (χ1v) is 8.69. The zero-order chi connectivity index (χ0) is 17.0. The molecular weight excluding hydrogens is 323 g/mol. The van der Waals surface area contributed by atoms with Crippen molar-refractivity contribution in [1.29, 1.82) is 0 Å². The lowest BCUT2D eigenvalue weighted by Gasteiger charge is -2.13. The average Bonchev–Trinajstić information content (AvgIpc) is 2.90. The van der Waals surface area contributed by atoms with Crippen LogP contribution in [-0.4, -0.2) is 25.2 Å². The van der Waals surface area contributed by atoms with Crippen molar-refractivity contribution >= 4 is 21.6 Å². The van der Waals surface area contributed by atoms with Gasteiger partial charge >= 0.3 is 0 Å². The number of halogens is 1. The third-order valence-corrected chi connectivity index (χ3v) is 5.51. The molecule has 0 fully saturated rings. The van der Waals surface area contributed by atoms with Crippen molar-refractivity contribution in [3.8, 4) is 0 Å². The molecule has 1 amide bonds. The van der Waals surface area contributed by atoms with Crippen LogP contribution in [0.1, 0.15) is 29.9 Å². The number of sulfone groups is 1. The van der Waals surface area contributed by atoms with E-state index in [4.69, 9.17) is 4.52 Å². The average molecular weight is 340 g/mol. The van der Waals surface area contributed by atoms with E-state index in [1.165, 1.54) is 37.3 Å². The molecule has 2 aromatic rings. The Balaban J connectivity index is 1.95. The van der Waals surface area contributed by atoms with E-state index in [1.807, 2.05) is 0 Å². The topological polar surface area (TPSA) is 89.3 Å². The second kappa shape index (κ2) is 6.91. The standard InChI is InChI=1S/C15H17FN2O4S/c1-10-9-14(18-22-10)17-15(19)7-8-23(20,21)11(2)12-3-5-13(16)6-4-12/h3-6,9,11H,7-8H2,1-2H3,(H,17,18,19)/t11-/m0/s1. The van der Waals surface area contributed by atoms with Crippen LogP contribution in [-0.2, 0) is 14.6 Å². The Morgan fingerprint density at radius 1 is 1.35 bits per heavy atom. The van der Waals surface area contributed by atoms with Gasteiger partial charge in [0.15, 0.2) is 15.7 Å². The molecule has 1 heterocycles.